The molecule has 0 saturated heterocycles. The molecular formula is C20H18N2O3. The van der Waals surface area contributed by atoms with E-state index in [2.05, 4.69) is 6.07 Å². The van der Waals surface area contributed by atoms with Crippen LogP contribution in [0.3, 0.4) is 0 Å². The van der Waals surface area contributed by atoms with E-state index in [1.54, 1.807) is 36.1 Å². The molecular weight excluding hydrogens is 316 g/mol. The number of imide groups is 1. The van der Waals surface area contributed by atoms with Gasteiger partial charge in [0, 0.05) is 13.1 Å². The van der Waals surface area contributed by atoms with Crippen LogP contribution in [0.5, 0.6) is 0 Å². The predicted octanol–water partition coefficient (Wildman–Crippen LogP) is 2.26. The van der Waals surface area contributed by atoms with Crippen LogP contribution in [0.4, 0.5) is 0 Å². The number of hydrogen-bond donors (Lipinski definition) is 0. The van der Waals surface area contributed by atoms with Crippen molar-refractivity contribution in [2.24, 2.45) is 0 Å². The molecule has 2 aliphatic heterocycles. The summed E-state index contributed by atoms with van der Waals surface area (Å²) < 4.78 is 0. The predicted molar refractivity (Wildman–Crippen MR) is 92.0 cm³/mol. The zero-order valence-corrected chi connectivity index (χ0v) is 13.9. The lowest BCUT2D eigenvalue weighted by molar-refractivity contribution is -0.135. The van der Waals surface area contributed by atoms with Crippen molar-refractivity contribution in [2.75, 3.05) is 6.54 Å². The Kier molecular flexibility index (Phi) is 3.64. The molecule has 2 aromatic carbocycles. The molecule has 0 bridgehead atoms. The summed E-state index contributed by atoms with van der Waals surface area (Å²) in [5.41, 5.74) is 3.11. The first-order valence-electron chi connectivity index (χ1n) is 8.40. The van der Waals surface area contributed by atoms with Crippen molar-refractivity contribution < 1.29 is 14.4 Å². The normalized spacial score (nSPS) is 17.3. The Morgan fingerprint density at radius 3 is 2.12 bits per heavy atom. The Labute approximate surface area is 145 Å². The highest BCUT2D eigenvalue weighted by molar-refractivity contribution is 6.22. The molecule has 0 fully saturated rings. The van der Waals surface area contributed by atoms with Gasteiger partial charge in [-0.15, -0.1) is 0 Å². The van der Waals surface area contributed by atoms with Gasteiger partial charge in [0.15, 0.2) is 0 Å². The maximum absolute atomic E-state index is 12.9. The minimum atomic E-state index is -0.808. The highest BCUT2D eigenvalue weighted by atomic mass is 16.2. The molecule has 3 amide bonds. The van der Waals surface area contributed by atoms with Crippen molar-refractivity contribution in [1.82, 2.24) is 9.80 Å². The summed E-state index contributed by atoms with van der Waals surface area (Å²) in [5, 5.41) is 0. The van der Waals surface area contributed by atoms with Crippen molar-refractivity contribution in [3.63, 3.8) is 0 Å². The van der Waals surface area contributed by atoms with Crippen LogP contribution >= 0.6 is 0 Å². The van der Waals surface area contributed by atoms with Gasteiger partial charge in [-0.05, 0) is 36.6 Å². The molecule has 25 heavy (non-hydrogen) atoms. The first kappa shape index (κ1) is 15.6. The van der Waals surface area contributed by atoms with Crippen molar-refractivity contribution >= 4 is 17.7 Å². The lowest BCUT2D eigenvalue weighted by Crippen LogP contribution is -2.50. The molecule has 2 aromatic rings. The molecule has 0 aliphatic carbocycles. The quantitative estimate of drug-likeness (QED) is 0.792. The van der Waals surface area contributed by atoms with E-state index in [1.807, 2.05) is 18.2 Å². The van der Waals surface area contributed by atoms with Crippen LogP contribution < -0.4 is 0 Å². The molecule has 0 spiro atoms. The fourth-order valence-electron chi connectivity index (χ4n) is 3.62. The maximum atomic E-state index is 12.9. The van der Waals surface area contributed by atoms with Gasteiger partial charge >= 0.3 is 0 Å². The zero-order chi connectivity index (χ0) is 17.6. The Morgan fingerprint density at radius 2 is 1.48 bits per heavy atom. The van der Waals surface area contributed by atoms with E-state index in [9.17, 15) is 14.4 Å². The summed E-state index contributed by atoms with van der Waals surface area (Å²) in [6.45, 7) is 2.75. The van der Waals surface area contributed by atoms with Crippen LogP contribution in [0.15, 0.2) is 48.5 Å². The third-order valence-electron chi connectivity index (χ3n) is 5.01. The number of benzene rings is 2. The average molecular weight is 334 g/mol. The molecule has 1 atom stereocenters. The first-order chi connectivity index (χ1) is 12.1. The van der Waals surface area contributed by atoms with Crippen LogP contribution in [-0.4, -0.2) is 40.1 Å². The second-order valence-corrected chi connectivity index (χ2v) is 6.48. The van der Waals surface area contributed by atoms with Gasteiger partial charge in [0.1, 0.15) is 6.04 Å². The maximum Gasteiger partial charge on any atom is 0.262 e. The summed E-state index contributed by atoms with van der Waals surface area (Å²) in [6.07, 6.45) is 0.788. The van der Waals surface area contributed by atoms with Gasteiger partial charge in [-0.1, -0.05) is 36.4 Å². The number of hydrogen-bond acceptors (Lipinski definition) is 3. The van der Waals surface area contributed by atoms with Crippen molar-refractivity contribution in [3.05, 3.63) is 70.8 Å². The summed E-state index contributed by atoms with van der Waals surface area (Å²) in [4.78, 5) is 40.9. The SMILES string of the molecule is C[C@@H](C(=O)N1CCc2ccccc2C1)N1C(=O)c2ccccc2C1=O. The minimum Gasteiger partial charge on any atom is -0.336 e. The number of fused-ring (bicyclic) bond motifs is 2. The Morgan fingerprint density at radius 1 is 0.920 bits per heavy atom. The third kappa shape index (κ3) is 2.43. The van der Waals surface area contributed by atoms with Crippen LogP contribution in [0.2, 0.25) is 0 Å². The summed E-state index contributed by atoms with van der Waals surface area (Å²) in [7, 11) is 0. The topological polar surface area (TPSA) is 57.7 Å². The van der Waals surface area contributed by atoms with E-state index in [4.69, 9.17) is 0 Å². The van der Waals surface area contributed by atoms with E-state index in [0.29, 0.717) is 24.2 Å². The molecule has 0 aromatic heterocycles. The fraction of sp³-hybridized carbons (Fsp3) is 0.250. The molecule has 0 unspecified atom stereocenters. The Hall–Kier alpha value is -2.95. The third-order valence-corrected chi connectivity index (χ3v) is 5.01. The second kappa shape index (κ2) is 5.84. The lowest BCUT2D eigenvalue weighted by Gasteiger charge is -2.33. The Balaban J connectivity index is 1.56. The summed E-state index contributed by atoms with van der Waals surface area (Å²) in [5.74, 6) is -0.971. The second-order valence-electron chi connectivity index (χ2n) is 6.48. The van der Waals surface area contributed by atoms with E-state index in [1.165, 1.54) is 5.56 Å². The van der Waals surface area contributed by atoms with Gasteiger partial charge in [-0.2, -0.15) is 0 Å². The monoisotopic (exact) mass is 334 g/mol. The van der Waals surface area contributed by atoms with Gasteiger partial charge in [0.2, 0.25) is 5.91 Å². The van der Waals surface area contributed by atoms with Crippen molar-refractivity contribution in [1.29, 1.82) is 0 Å². The largest absolute Gasteiger partial charge is 0.336 e. The summed E-state index contributed by atoms with van der Waals surface area (Å²) in [6, 6.07) is 13.9. The fourth-order valence-corrected chi connectivity index (χ4v) is 3.62. The van der Waals surface area contributed by atoms with E-state index in [0.717, 1.165) is 16.9 Å². The number of carbonyl (C=O) groups excluding carboxylic acids is 3. The number of amides is 3. The van der Waals surface area contributed by atoms with Gasteiger partial charge in [0.05, 0.1) is 11.1 Å². The van der Waals surface area contributed by atoms with Crippen LogP contribution in [-0.2, 0) is 17.8 Å². The Bertz CT molecular complexity index is 855. The van der Waals surface area contributed by atoms with E-state index >= 15 is 0 Å². The van der Waals surface area contributed by atoms with E-state index in [-0.39, 0.29) is 17.7 Å². The molecule has 0 N–H and O–H groups in total. The standard InChI is InChI=1S/C20H18N2O3/c1-13(22-19(24)16-8-4-5-9-17(16)20(22)25)18(23)21-11-10-14-6-2-3-7-15(14)12-21/h2-9,13H,10-12H2,1H3/t13-/m0/s1. The molecule has 4 rings (SSSR count). The highest BCUT2D eigenvalue weighted by Crippen LogP contribution is 2.26. The molecule has 2 heterocycles. The highest BCUT2D eigenvalue weighted by Gasteiger charge is 2.41. The number of carbonyl (C=O) groups is 3. The van der Waals surface area contributed by atoms with Gasteiger partial charge in [-0.3, -0.25) is 19.3 Å². The average Bonchev–Trinajstić information content (AvgIpc) is 2.91. The molecule has 126 valence electrons. The molecule has 0 saturated carbocycles. The molecule has 5 nitrogen and oxygen atoms in total. The zero-order valence-electron chi connectivity index (χ0n) is 13.9. The molecule has 5 heteroatoms. The van der Waals surface area contributed by atoms with Gasteiger partial charge < -0.3 is 4.90 Å². The van der Waals surface area contributed by atoms with Gasteiger partial charge in [-0.25, -0.2) is 0 Å². The smallest absolute Gasteiger partial charge is 0.262 e. The van der Waals surface area contributed by atoms with Gasteiger partial charge in [0.25, 0.3) is 11.8 Å². The summed E-state index contributed by atoms with van der Waals surface area (Å²) >= 11 is 0. The van der Waals surface area contributed by atoms with Crippen LogP contribution in [0.25, 0.3) is 0 Å². The molecule has 2 aliphatic rings. The van der Waals surface area contributed by atoms with Crippen molar-refractivity contribution in [2.45, 2.75) is 25.9 Å². The number of rotatable bonds is 2. The van der Waals surface area contributed by atoms with Crippen LogP contribution in [0, 0.1) is 0 Å². The lowest BCUT2D eigenvalue weighted by atomic mass is 9.99. The number of nitrogens with zero attached hydrogens (tertiary/aromatic N) is 2. The first-order valence-corrected chi connectivity index (χ1v) is 8.40. The minimum absolute atomic E-state index is 0.191. The van der Waals surface area contributed by atoms with Crippen molar-refractivity contribution in [3.8, 4) is 0 Å². The van der Waals surface area contributed by atoms with Crippen LogP contribution in [0.1, 0.15) is 38.8 Å². The van der Waals surface area contributed by atoms with E-state index < -0.39 is 6.04 Å². The molecule has 0 radical (unpaired) electrons.